The van der Waals surface area contributed by atoms with Crippen LogP contribution in [0.25, 0.3) is 0 Å². The monoisotopic (exact) mass is 248 g/mol. The van der Waals surface area contributed by atoms with Crippen LogP contribution in [0.2, 0.25) is 0 Å². The molecule has 3 unspecified atom stereocenters. The highest BCUT2D eigenvalue weighted by molar-refractivity contribution is 5.44. The first-order valence-electron chi connectivity index (χ1n) is 6.88. The zero-order valence-corrected chi connectivity index (χ0v) is 12.1. The number of epoxide rings is 1. The Bertz CT molecular complexity index is 425. The lowest BCUT2D eigenvalue weighted by Gasteiger charge is -2.17. The largest absolute Gasteiger partial charge is 0.496 e. The van der Waals surface area contributed by atoms with Gasteiger partial charge < -0.3 is 9.47 Å². The van der Waals surface area contributed by atoms with Crippen molar-refractivity contribution in [2.24, 2.45) is 0 Å². The fourth-order valence-electron chi connectivity index (χ4n) is 2.79. The van der Waals surface area contributed by atoms with Gasteiger partial charge in [0, 0.05) is 0 Å². The lowest BCUT2D eigenvalue weighted by atomic mass is 9.89. The Labute approximate surface area is 110 Å². The van der Waals surface area contributed by atoms with Gasteiger partial charge in [0.1, 0.15) is 5.75 Å². The molecule has 2 nitrogen and oxygen atoms in total. The molecule has 0 spiro atoms. The van der Waals surface area contributed by atoms with Gasteiger partial charge in [0.25, 0.3) is 0 Å². The summed E-state index contributed by atoms with van der Waals surface area (Å²) < 4.78 is 11.0. The Balaban J connectivity index is 2.11. The molecule has 0 N–H and O–H groups in total. The summed E-state index contributed by atoms with van der Waals surface area (Å²) in [6.07, 6.45) is 3.25. The van der Waals surface area contributed by atoms with Crippen molar-refractivity contribution < 1.29 is 9.47 Å². The van der Waals surface area contributed by atoms with Crippen molar-refractivity contribution in [2.75, 3.05) is 7.11 Å². The van der Waals surface area contributed by atoms with Crippen LogP contribution in [-0.2, 0) is 4.74 Å². The molecule has 100 valence electrons. The molecule has 1 fully saturated rings. The van der Waals surface area contributed by atoms with Crippen LogP contribution in [0.3, 0.4) is 0 Å². The van der Waals surface area contributed by atoms with Crippen LogP contribution in [0, 0.1) is 13.8 Å². The van der Waals surface area contributed by atoms with Crippen molar-refractivity contribution in [1.82, 2.24) is 0 Å². The van der Waals surface area contributed by atoms with Crippen molar-refractivity contribution >= 4 is 0 Å². The van der Waals surface area contributed by atoms with Crippen molar-refractivity contribution in [3.05, 3.63) is 28.8 Å². The first-order chi connectivity index (χ1) is 8.58. The predicted octanol–water partition coefficient (Wildman–Crippen LogP) is 3.98. The lowest BCUT2D eigenvalue weighted by Crippen LogP contribution is -2.04. The van der Waals surface area contributed by atoms with Gasteiger partial charge in [0.2, 0.25) is 0 Å². The highest BCUT2D eigenvalue weighted by Gasteiger charge is 2.38. The normalized spacial score (nSPS) is 23.8. The van der Waals surface area contributed by atoms with Crippen molar-refractivity contribution in [3.63, 3.8) is 0 Å². The van der Waals surface area contributed by atoms with Crippen LogP contribution in [0.4, 0.5) is 0 Å². The van der Waals surface area contributed by atoms with Crippen LogP contribution >= 0.6 is 0 Å². The summed E-state index contributed by atoms with van der Waals surface area (Å²) in [5.74, 6) is 1.54. The van der Waals surface area contributed by atoms with Gasteiger partial charge in [-0.1, -0.05) is 19.9 Å². The van der Waals surface area contributed by atoms with Gasteiger partial charge in [-0.25, -0.2) is 0 Å². The summed E-state index contributed by atoms with van der Waals surface area (Å²) in [6.45, 7) is 8.81. The average Bonchev–Trinajstić information content (AvgIpc) is 3.10. The lowest BCUT2D eigenvalue weighted by molar-refractivity contribution is 0.352. The van der Waals surface area contributed by atoms with Gasteiger partial charge in [0.05, 0.1) is 19.3 Å². The second-order valence-electron chi connectivity index (χ2n) is 5.37. The molecule has 18 heavy (non-hydrogen) atoms. The van der Waals surface area contributed by atoms with Crippen LogP contribution in [0.15, 0.2) is 12.1 Å². The summed E-state index contributed by atoms with van der Waals surface area (Å²) >= 11 is 0. The molecule has 1 aromatic rings. The molecule has 0 aromatic heterocycles. The first kappa shape index (κ1) is 13.4. The van der Waals surface area contributed by atoms with Crippen LogP contribution in [0.1, 0.15) is 49.3 Å². The van der Waals surface area contributed by atoms with E-state index in [0.717, 1.165) is 18.6 Å². The molecular weight excluding hydrogens is 224 g/mol. The molecule has 3 atom stereocenters. The average molecular weight is 248 g/mol. The third-order valence-electron chi connectivity index (χ3n) is 4.21. The summed E-state index contributed by atoms with van der Waals surface area (Å²) in [5.41, 5.74) is 4.04. The molecule has 1 saturated heterocycles. The van der Waals surface area contributed by atoms with E-state index in [9.17, 15) is 0 Å². The number of hydrogen-bond donors (Lipinski definition) is 0. The van der Waals surface area contributed by atoms with Gasteiger partial charge in [-0.05, 0) is 55.4 Å². The molecule has 1 aliphatic rings. The van der Waals surface area contributed by atoms with Crippen molar-refractivity contribution in [3.8, 4) is 5.75 Å². The minimum Gasteiger partial charge on any atom is -0.496 e. The maximum atomic E-state index is 5.65. The van der Waals surface area contributed by atoms with Gasteiger partial charge in [-0.15, -0.1) is 0 Å². The van der Waals surface area contributed by atoms with E-state index in [4.69, 9.17) is 9.47 Å². The second-order valence-corrected chi connectivity index (χ2v) is 5.37. The molecule has 0 bridgehead atoms. The number of rotatable bonds is 5. The van der Waals surface area contributed by atoms with Crippen LogP contribution < -0.4 is 4.74 Å². The number of methoxy groups -OCH3 is 1. The Hall–Kier alpha value is -1.02. The third-order valence-corrected chi connectivity index (χ3v) is 4.21. The fourth-order valence-corrected chi connectivity index (χ4v) is 2.79. The summed E-state index contributed by atoms with van der Waals surface area (Å²) in [5, 5.41) is 0. The maximum Gasteiger partial charge on any atom is 0.122 e. The minimum absolute atomic E-state index is 0.479. The number of benzene rings is 1. The standard InChI is InChI=1S/C16H24O2/c1-6-14-16(18-14)9-10(2)13-7-8-15(17-5)12(4)11(13)3/h7-8,10,14,16H,6,9H2,1-5H3. The fraction of sp³-hybridized carbons (Fsp3) is 0.625. The topological polar surface area (TPSA) is 21.8 Å². The SMILES string of the molecule is CCC1OC1CC(C)c1ccc(OC)c(C)c1C. The van der Waals surface area contributed by atoms with E-state index >= 15 is 0 Å². The molecule has 0 aliphatic carbocycles. The van der Waals surface area contributed by atoms with E-state index in [-0.39, 0.29) is 0 Å². The quantitative estimate of drug-likeness (QED) is 0.735. The van der Waals surface area contributed by atoms with E-state index < -0.39 is 0 Å². The first-order valence-corrected chi connectivity index (χ1v) is 6.88. The van der Waals surface area contributed by atoms with Gasteiger partial charge in [-0.3, -0.25) is 0 Å². The van der Waals surface area contributed by atoms with Gasteiger partial charge >= 0.3 is 0 Å². The highest BCUT2D eigenvalue weighted by atomic mass is 16.6. The minimum atomic E-state index is 0.479. The van der Waals surface area contributed by atoms with E-state index in [1.165, 1.54) is 16.7 Å². The zero-order chi connectivity index (χ0) is 13.3. The zero-order valence-electron chi connectivity index (χ0n) is 12.1. The van der Waals surface area contributed by atoms with E-state index in [0.29, 0.717) is 18.1 Å². The molecule has 0 radical (unpaired) electrons. The molecule has 1 heterocycles. The summed E-state index contributed by atoms with van der Waals surface area (Å²) in [4.78, 5) is 0. The van der Waals surface area contributed by atoms with Crippen LogP contribution in [0.5, 0.6) is 5.75 Å². The Morgan fingerprint density at radius 2 is 1.94 bits per heavy atom. The van der Waals surface area contributed by atoms with Gasteiger partial charge in [0.15, 0.2) is 0 Å². The maximum absolute atomic E-state index is 5.65. The molecule has 2 heteroatoms. The van der Waals surface area contributed by atoms with E-state index in [1.54, 1.807) is 7.11 Å². The Morgan fingerprint density at radius 3 is 2.50 bits per heavy atom. The van der Waals surface area contributed by atoms with Crippen molar-refractivity contribution in [1.29, 1.82) is 0 Å². The molecule has 2 rings (SSSR count). The van der Waals surface area contributed by atoms with Crippen molar-refractivity contribution in [2.45, 2.75) is 58.7 Å². The van der Waals surface area contributed by atoms with E-state index in [1.807, 2.05) is 0 Å². The van der Waals surface area contributed by atoms with Gasteiger partial charge in [-0.2, -0.15) is 0 Å². The predicted molar refractivity (Wildman–Crippen MR) is 74.5 cm³/mol. The Morgan fingerprint density at radius 1 is 1.22 bits per heavy atom. The molecule has 0 amide bonds. The molecule has 1 aliphatic heterocycles. The second kappa shape index (κ2) is 5.31. The number of hydrogen-bond acceptors (Lipinski definition) is 2. The summed E-state index contributed by atoms with van der Waals surface area (Å²) in [7, 11) is 1.73. The smallest absolute Gasteiger partial charge is 0.122 e. The molecule has 1 aromatic carbocycles. The third kappa shape index (κ3) is 2.54. The highest BCUT2D eigenvalue weighted by Crippen LogP contribution is 2.36. The molecular formula is C16H24O2. The molecule has 0 saturated carbocycles. The Kier molecular flexibility index (Phi) is 3.96. The van der Waals surface area contributed by atoms with E-state index in [2.05, 4.69) is 39.8 Å². The number of ether oxygens (including phenoxy) is 2. The van der Waals surface area contributed by atoms with Crippen LogP contribution in [-0.4, -0.2) is 19.3 Å². The summed E-state index contributed by atoms with van der Waals surface area (Å²) in [6, 6.07) is 4.29.